The summed E-state index contributed by atoms with van der Waals surface area (Å²) in [6, 6.07) is 8.24. The van der Waals surface area contributed by atoms with E-state index in [2.05, 4.69) is 9.82 Å². The van der Waals surface area contributed by atoms with Gasteiger partial charge in [-0.15, -0.1) is 0 Å². The molecule has 0 fully saturated rings. The summed E-state index contributed by atoms with van der Waals surface area (Å²) in [5, 5.41) is 0. The van der Waals surface area contributed by atoms with E-state index in [-0.39, 0.29) is 6.10 Å². The normalized spacial score (nSPS) is 17.8. The number of hydrogen-bond acceptors (Lipinski definition) is 3. The smallest absolute Gasteiger partial charge is 0.372 e. The van der Waals surface area contributed by atoms with E-state index in [1.165, 1.54) is 6.20 Å². The number of fused-ring (bicyclic) bond motifs is 1. The average molecular weight is 343 g/mol. The molecule has 3 rings (SSSR count). The van der Waals surface area contributed by atoms with E-state index >= 15 is 0 Å². The molecule has 1 atom stereocenters. The van der Waals surface area contributed by atoms with Crippen molar-refractivity contribution in [3.05, 3.63) is 53.3 Å². The van der Waals surface area contributed by atoms with E-state index in [1.54, 1.807) is 6.07 Å². The molecule has 3 nitrogen and oxygen atoms in total. The molecule has 0 amide bonds. The molecule has 0 bridgehead atoms. The minimum Gasteiger partial charge on any atom is -0.372 e. The molecule has 0 spiro atoms. The van der Waals surface area contributed by atoms with Crippen LogP contribution < -0.4 is 4.84 Å². The number of alkyl halides is 3. The second-order valence-electron chi connectivity index (χ2n) is 5.25. The van der Waals surface area contributed by atoms with Crippen molar-refractivity contribution in [1.29, 1.82) is 0 Å². The van der Waals surface area contributed by atoms with Gasteiger partial charge in [0.25, 0.3) is 0 Å². The summed E-state index contributed by atoms with van der Waals surface area (Å²) in [7, 11) is 0. The maximum absolute atomic E-state index is 12.9. The Balaban J connectivity index is 2.06. The lowest BCUT2D eigenvalue weighted by molar-refractivity contribution is -0.141. The fraction of sp³-hybridized carbons (Fsp3) is 0.312. The molecule has 122 valence electrons. The Morgan fingerprint density at radius 1 is 1.30 bits per heavy atom. The minimum absolute atomic E-state index is 0.208. The molecule has 1 aliphatic heterocycles. The number of nitrogens with one attached hydrogen (secondary N) is 1. The molecule has 1 aromatic heterocycles. The Hall–Kier alpha value is -1.63. The third kappa shape index (κ3) is 3.34. The highest BCUT2D eigenvalue weighted by Gasteiger charge is 2.33. The fourth-order valence-electron chi connectivity index (χ4n) is 2.84. The van der Waals surface area contributed by atoms with Crippen molar-refractivity contribution >= 4 is 11.8 Å². The van der Waals surface area contributed by atoms with Gasteiger partial charge in [-0.3, -0.25) is 4.98 Å². The Morgan fingerprint density at radius 2 is 2.13 bits per heavy atom. The molecule has 0 unspecified atom stereocenters. The first-order valence-corrected chi connectivity index (χ1v) is 7.49. The largest absolute Gasteiger partial charge is 0.433 e. The molecule has 2 heterocycles. The lowest BCUT2D eigenvalue weighted by atomic mass is 9.89. The predicted octanol–water partition coefficient (Wildman–Crippen LogP) is 4.12. The maximum atomic E-state index is 12.9. The number of pyridine rings is 1. The Bertz CT molecular complexity index is 706. The first-order valence-electron chi connectivity index (χ1n) is 7.11. The van der Waals surface area contributed by atoms with Crippen molar-refractivity contribution < 1.29 is 17.9 Å². The molecule has 0 saturated carbocycles. The quantitative estimate of drug-likeness (QED) is 0.852. The topological polar surface area (TPSA) is 34.1 Å². The average Bonchev–Trinajstić information content (AvgIpc) is 2.54. The van der Waals surface area contributed by atoms with Crippen LogP contribution in [0.15, 0.2) is 36.5 Å². The van der Waals surface area contributed by atoms with E-state index in [0.717, 1.165) is 22.8 Å². The maximum Gasteiger partial charge on any atom is 0.433 e. The van der Waals surface area contributed by atoms with Crippen LogP contribution in [0.5, 0.6) is 0 Å². The highest BCUT2D eigenvalue weighted by Crippen LogP contribution is 2.36. The lowest BCUT2D eigenvalue weighted by Gasteiger charge is -2.27. The first kappa shape index (κ1) is 16.2. The molecular weight excluding hydrogens is 329 g/mol. The molecule has 1 aromatic carbocycles. The van der Waals surface area contributed by atoms with Crippen LogP contribution in [0.3, 0.4) is 0 Å². The lowest BCUT2D eigenvalue weighted by Crippen LogP contribution is -2.23. The third-order valence-corrected chi connectivity index (χ3v) is 4.01. The zero-order chi connectivity index (χ0) is 16.4. The summed E-state index contributed by atoms with van der Waals surface area (Å²) >= 11 is 5.57. The molecule has 7 heteroatoms. The van der Waals surface area contributed by atoms with Crippen molar-refractivity contribution in [1.82, 2.24) is 9.82 Å². The van der Waals surface area contributed by atoms with Gasteiger partial charge in [0.2, 0.25) is 0 Å². The summed E-state index contributed by atoms with van der Waals surface area (Å²) < 4.78 is 44.3. The van der Waals surface area contributed by atoms with Crippen molar-refractivity contribution in [2.24, 2.45) is 0 Å². The van der Waals surface area contributed by atoms with Gasteiger partial charge in [0, 0.05) is 12.7 Å². The van der Waals surface area contributed by atoms with Crippen molar-refractivity contribution in [2.45, 2.75) is 18.7 Å². The summed E-state index contributed by atoms with van der Waals surface area (Å²) in [5.74, 6) is 0. The minimum atomic E-state index is -4.46. The number of halogens is 4. The second-order valence-corrected chi connectivity index (χ2v) is 5.52. The highest BCUT2D eigenvalue weighted by atomic mass is 35.5. The van der Waals surface area contributed by atoms with Gasteiger partial charge in [-0.2, -0.15) is 13.2 Å². The Morgan fingerprint density at radius 3 is 2.87 bits per heavy atom. The summed E-state index contributed by atoms with van der Waals surface area (Å²) in [6.07, 6.45) is -2.83. The summed E-state index contributed by atoms with van der Waals surface area (Å²) in [4.78, 5) is 5.97. The van der Waals surface area contributed by atoms with Gasteiger partial charge in [-0.05, 0) is 52.6 Å². The molecule has 0 radical (unpaired) electrons. The van der Waals surface area contributed by atoms with Crippen LogP contribution in [0.25, 0.3) is 11.1 Å². The van der Waals surface area contributed by atoms with Crippen LogP contribution >= 0.6 is 11.8 Å². The van der Waals surface area contributed by atoms with Crippen LogP contribution in [-0.4, -0.2) is 18.1 Å². The van der Waals surface area contributed by atoms with Gasteiger partial charge in [0.1, 0.15) is 5.69 Å². The predicted molar refractivity (Wildman–Crippen MR) is 80.9 cm³/mol. The third-order valence-electron chi connectivity index (χ3n) is 3.85. The van der Waals surface area contributed by atoms with Crippen LogP contribution in [0.2, 0.25) is 0 Å². The van der Waals surface area contributed by atoms with Crippen LogP contribution in [0, 0.1) is 0 Å². The number of hydrogen-bond donors (Lipinski definition) is 1. The van der Waals surface area contributed by atoms with Crippen molar-refractivity contribution in [2.75, 3.05) is 13.2 Å². The van der Waals surface area contributed by atoms with E-state index in [9.17, 15) is 13.2 Å². The van der Waals surface area contributed by atoms with Gasteiger partial charge in [-0.1, -0.05) is 18.2 Å². The van der Waals surface area contributed by atoms with E-state index in [1.807, 2.05) is 18.2 Å². The highest BCUT2D eigenvalue weighted by molar-refractivity contribution is 6.13. The molecule has 1 aliphatic rings. The van der Waals surface area contributed by atoms with Crippen LogP contribution in [0.4, 0.5) is 13.2 Å². The number of ether oxygens (including phenoxy) is 1. The standard InChI is InChI=1S/C16H14ClF3N2O/c17-22-9-14-13-3-1-2-11(12(13)5-7-23-14)10-4-6-21-15(8-10)16(18,19)20/h1-4,6,8,14,22H,5,7,9H2/t14-/m0/s1. The number of rotatable bonds is 3. The van der Waals surface area contributed by atoms with Crippen LogP contribution in [0.1, 0.15) is 22.9 Å². The van der Waals surface area contributed by atoms with Gasteiger partial charge in [-0.25, -0.2) is 4.84 Å². The molecule has 23 heavy (non-hydrogen) atoms. The van der Waals surface area contributed by atoms with E-state index < -0.39 is 11.9 Å². The van der Waals surface area contributed by atoms with Gasteiger partial charge < -0.3 is 4.74 Å². The molecule has 1 N–H and O–H groups in total. The zero-order valence-corrected chi connectivity index (χ0v) is 12.8. The first-order chi connectivity index (χ1) is 11.0. The van der Waals surface area contributed by atoms with E-state index in [0.29, 0.717) is 25.1 Å². The molecule has 2 aromatic rings. The zero-order valence-electron chi connectivity index (χ0n) is 12.0. The molecular formula is C16H14ClF3N2O. The number of nitrogens with zero attached hydrogens (tertiary/aromatic N) is 1. The van der Waals surface area contributed by atoms with Crippen molar-refractivity contribution in [3.8, 4) is 11.1 Å². The second kappa shape index (κ2) is 6.47. The fourth-order valence-corrected chi connectivity index (χ4v) is 2.98. The monoisotopic (exact) mass is 342 g/mol. The summed E-state index contributed by atoms with van der Waals surface area (Å²) in [6.45, 7) is 0.937. The number of aromatic nitrogens is 1. The Labute approximate surface area is 136 Å². The SMILES string of the molecule is FC(F)(F)c1cc(-c2cccc3c2CCO[C@H]3CNCl)ccn1. The molecule has 0 aliphatic carbocycles. The van der Waals surface area contributed by atoms with Gasteiger partial charge >= 0.3 is 6.18 Å². The van der Waals surface area contributed by atoms with Gasteiger partial charge in [0.05, 0.1) is 12.7 Å². The molecule has 0 saturated heterocycles. The number of benzene rings is 1. The van der Waals surface area contributed by atoms with Gasteiger partial charge in [0.15, 0.2) is 0 Å². The Kier molecular flexibility index (Phi) is 4.57. The van der Waals surface area contributed by atoms with Crippen LogP contribution in [-0.2, 0) is 17.3 Å². The van der Waals surface area contributed by atoms with E-state index in [4.69, 9.17) is 16.5 Å². The summed E-state index contributed by atoms with van der Waals surface area (Å²) in [5.41, 5.74) is 2.34. The van der Waals surface area contributed by atoms with Crippen molar-refractivity contribution in [3.63, 3.8) is 0 Å².